The monoisotopic (exact) mass is 559 g/mol. The molecule has 0 radical (unpaired) electrons. The molecule has 0 aliphatic carbocycles. The number of carbonyl (C=O) groups is 2. The summed E-state index contributed by atoms with van der Waals surface area (Å²) in [6.07, 6.45) is 20.6. The van der Waals surface area contributed by atoms with Crippen molar-refractivity contribution in [3.63, 3.8) is 0 Å². The molecular formula is C26H42INO2S. The van der Waals surface area contributed by atoms with Crippen LogP contribution in [0.25, 0.3) is 0 Å². The van der Waals surface area contributed by atoms with Crippen LogP contribution in [0.3, 0.4) is 0 Å². The average molecular weight is 560 g/mol. The molecule has 2 amide bonds. The Morgan fingerprint density at radius 3 is 1.74 bits per heavy atom. The maximum atomic E-state index is 12.9. The molecular weight excluding hydrogens is 517 g/mol. The lowest BCUT2D eigenvalue weighted by Crippen LogP contribution is -2.35. The Morgan fingerprint density at radius 1 is 0.774 bits per heavy atom. The van der Waals surface area contributed by atoms with Crippen LogP contribution in [0.4, 0.5) is 0 Å². The third-order valence-corrected chi connectivity index (χ3v) is 8.62. The highest BCUT2D eigenvalue weighted by Gasteiger charge is 2.39. The number of fused-ring (bicyclic) bond motifs is 1. The van der Waals surface area contributed by atoms with Gasteiger partial charge in [0, 0.05) is 11.9 Å². The molecule has 1 aliphatic heterocycles. The van der Waals surface area contributed by atoms with E-state index in [1.54, 1.807) is 4.90 Å². The van der Waals surface area contributed by atoms with Crippen LogP contribution < -0.4 is 0 Å². The molecule has 0 N–H and O–H groups in total. The van der Waals surface area contributed by atoms with Crippen LogP contribution in [0.15, 0.2) is 5.38 Å². The summed E-state index contributed by atoms with van der Waals surface area (Å²) in [5.41, 5.74) is 1.28. The van der Waals surface area contributed by atoms with Gasteiger partial charge in [0.25, 0.3) is 11.8 Å². The van der Waals surface area contributed by atoms with Gasteiger partial charge in [0.1, 0.15) is 0 Å². The Hall–Kier alpha value is -0.430. The van der Waals surface area contributed by atoms with Gasteiger partial charge in [-0.05, 0) is 41.4 Å². The third kappa shape index (κ3) is 8.79. The van der Waals surface area contributed by atoms with Gasteiger partial charge in [-0.3, -0.25) is 14.5 Å². The highest BCUT2D eigenvalue weighted by molar-refractivity contribution is 14.1. The van der Waals surface area contributed by atoms with Crippen LogP contribution in [-0.2, 0) is 0 Å². The zero-order valence-corrected chi connectivity index (χ0v) is 22.7. The smallest absolute Gasteiger partial charge is 0.263 e. The molecule has 1 atom stereocenters. The molecule has 0 saturated carbocycles. The fourth-order valence-electron chi connectivity index (χ4n) is 4.59. The van der Waals surface area contributed by atoms with Gasteiger partial charge in [-0.2, -0.15) is 0 Å². The minimum Gasteiger partial charge on any atom is -0.274 e. The molecule has 31 heavy (non-hydrogen) atoms. The van der Waals surface area contributed by atoms with Crippen LogP contribution in [0.5, 0.6) is 0 Å². The number of unbranched alkanes of at least 4 members (excludes halogenated alkanes) is 12. The fourth-order valence-corrected chi connectivity index (χ4v) is 6.25. The fraction of sp³-hybridized carbons (Fsp3) is 0.769. The van der Waals surface area contributed by atoms with Gasteiger partial charge in [0.15, 0.2) is 0 Å². The standard InChI is InChI=1S/C26H42INO2S/c1-3-5-7-9-11-12-14-16-18-21(17-15-13-10-8-6-4-2)19-28-25(29)22-20-31-24(27)23(22)26(28)30/h20-21H,3-19H2,1-2H3. The van der Waals surface area contributed by atoms with E-state index in [0.29, 0.717) is 23.6 Å². The molecule has 176 valence electrons. The van der Waals surface area contributed by atoms with Gasteiger partial charge in [0.05, 0.1) is 14.0 Å². The first kappa shape index (κ1) is 26.8. The summed E-state index contributed by atoms with van der Waals surface area (Å²) in [6, 6.07) is 0. The summed E-state index contributed by atoms with van der Waals surface area (Å²) in [7, 11) is 0. The number of nitrogens with zero attached hydrogens (tertiary/aromatic N) is 1. The Kier molecular flexibility index (Phi) is 13.3. The van der Waals surface area contributed by atoms with Gasteiger partial charge < -0.3 is 0 Å². The van der Waals surface area contributed by atoms with E-state index in [4.69, 9.17) is 0 Å². The van der Waals surface area contributed by atoms with Crippen LogP contribution in [-0.4, -0.2) is 23.3 Å². The number of amides is 2. The minimum atomic E-state index is -0.0666. The highest BCUT2D eigenvalue weighted by atomic mass is 127. The summed E-state index contributed by atoms with van der Waals surface area (Å²) in [5.74, 6) is 0.321. The van der Waals surface area contributed by atoms with E-state index >= 15 is 0 Å². The molecule has 2 heterocycles. The van der Waals surface area contributed by atoms with Crippen molar-refractivity contribution in [3.05, 3.63) is 19.4 Å². The number of thiophene rings is 1. The second-order valence-electron chi connectivity index (χ2n) is 9.21. The Balaban J connectivity index is 1.80. The largest absolute Gasteiger partial charge is 0.274 e. The summed E-state index contributed by atoms with van der Waals surface area (Å²) < 4.78 is 0.948. The van der Waals surface area contributed by atoms with E-state index < -0.39 is 0 Å². The maximum absolute atomic E-state index is 12.9. The second-order valence-corrected chi connectivity index (χ2v) is 11.9. The van der Waals surface area contributed by atoms with Gasteiger partial charge >= 0.3 is 0 Å². The van der Waals surface area contributed by atoms with E-state index in [2.05, 4.69) is 36.4 Å². The molecule has 5 heteroatoms. The average Bonchev–Trinajstić information content (AvgIpc) is 3.26. The number of imide groups is 1. The molecule has 1 aromatic rings. The molecule has 0 fully saturated rings. The third-order valence-electron chi connectivity index (χ3n) is 6.55. The van der Waals surface area contributed by atoms with Crippen molar-refractivity contribution in [2.75, 3.05) is 6.54 Å². The summed E-state index contributed by atoms with van der Waals surface area (Å²) >= 11 is 3.69. The van der Waals surface area contributed by atoms with Crippen molar-refractivity contribution in [1.82, 2.24) is 4.90 Å². The van der Waals surface area contributed by atoms with E-state index in [-0.39, 0.29) is 11.8 Å². The van der Waals surface area contributed by atoms with E-state index in [1.165, 1.54) is 101 Å². The van der Waals surface area contributed by atoms with Crippen LogP contribution >= 0.6 is 33.9 Å². The Bertz CT molecular complexity index is 672. The lowest BCUT2D eigenvalue weighted by atomic mass is 9.93. The molecule has 1 unspecified atom stereocenters. The van der Waals surface area contributed by atoms with E-state index in [1.807, 2.05) is 5.38 Å². The van der Waals surface area contributed by atoms with Crippen molar-refractivity contribution in [2.45, 2.75) is 117 Å². The molecule has 0 spiro atoms. The number of halogens is 1. The van der Waals surface area contributed by atoms with E-state index in [9.17, 15) is 9.59 Å². The summed E-state index contributed by atoms with van der Waals surface area (Å²) in [6.45, 7) is 5.13. The number of hydrogen-bond donors (Lipinski definition) is 0. The molecule has 0 bridgehead atoms. The molecule has 1 aromatic heterocycles. The number of rotatable bonds is 18. The zero-order chi connectivity index (χ0) is 22.5. The highest BCUT2D eigenvalue weighted by Crippen LogP contribution is 2.33. The van der Waals surface area contributed by atoms with Crippen LogP contribution in [0.2, 0.25) is 0 Å². The summed E-state index contributed by atoms with van der Waals surface area (Å²) in [4.78, 5) is 27.2. The van der Waals surface area contributed by atoms with Crippen molar-refractivity contribution < 1.29 is 9.59 Å². The first-order valence-electron chi connectivity index (χ1n) is 12.7. The Morgan fingerprint density at radius 2 is 1.26 bits per heavy atom. The van der Waals surface area contributed by atoms with Gasteiger partial charge in [0.2, 0.25) is 0 Å². The van der Waals surface area contributed by atoms with Crippen molar-refractivity contribution in [2.24, 2.45) is 5.92 Å². The normalized spacial score (nSPS) is 14.5. The predicted molar refractivity (Wildman–Crippen MR) is 141 cm³/mol. The first-order valence-corrected chi connectivity index (χ1v) is 14.7. The lowest BCUT2D eigenvalue weighted by molar-refractivity contribution is 0.0621. The molecule has 2 rings (SSSR count). The van der Waals surface area contributed by atoms with Crippen molar-refractivity contribution in [1.29, 1.82) is 0 Å². The second kappa shape index (κ2) is 15.4. The maximum Gasteiger partial charge on any atom is 0.263 e. The van der Waals surface area contributed by atoms with Gasteiger partial charge in [-0.1, -0.05) is 104 Å². The minimum absolute atomic E-state index is 0.0606. The van der Waals surface area contributed by atoms with Gasteiger partial charge in [-0.25, -0.2) is 0 Å². The van der Waals surface area contributed by atoms with Crippen LogP contribution in [0.1, 0.15) is 137 Å². The lowest BCUT2D eigenvalue weighted by Gasteiger charge is -2.23. The molecule has 0 saturated heterocycles. The van der Waals surface area contributed by atoms with E-state index in [0.717, 1.165) is 15.7 Å². The SMILES string of the molecule is CCCCCCCCCCC(CCCCCCCC)CN1C(=O)c2csc(I)c2C1=O. The zero-order valence-electron chi connectivity index (χ0n) is 19.7. The molecule has 3 nitrogen and oxygen atoms in total. The van der Waals surface area contributed by atoms with Crippen molar-refractivity contribution in [3.8, 4) is 0 Å². The molecule has 0 aromatic carbocycles. The quantitative estimate of drug-likeness (QED) is 0.102. The summed E-state index contributed by atoms with van der Waals surface area (Å²) in [5, 5.41) is 1.86. The first-order chi connectivity index (χ1) is 15.1. The van der Waals surface area contributed by atoms with Gasteiger partial charge in [-0.15, -0.1) is 11.3 Å². The number of hydrogen-bond acceptors (Lipinski definition) is 3. The Labute approximate surface area is 207 Å². The molecule has 1 aliphatic rings. The predicted octanol–water partition coefficient (Wildman–Crippen LogP) is 8.85. The number of carbonyl (C=O) groups excluding carboxylic acids is 2. The van der Waals surface area contributed by atoms with Crippen molar-refractivity contribution >= 4 is 45.7 Å². The topological polar surface area (TPSA) is 37.4 Å². The van der Waals surface area contributed by atoms with Crippen LogP contribution in [0, 0.1) is 8.80 Å².